The summed E-state index contributed by atoms with van der Waals surface area (Å²) in [6.07, 6.45) is 2.62. The summed E-state index contributed by atoms with van der Waals surface area (Å²) in [4.78, 5) is 28.8. The summed E-state index contributed by atoms with van der Waals surface area (Å²) in [5, 5.41) is 6.13. The van der Waals surface area contributed by atoms with Gasteiger partial charge in [-0.05, 0) is 37.6 Å². The minimum Gasteiger partial charge on any atom is -0.497 e. The van der Waals surface area contributed by atoms with Crippen molar-refractivity contribution in [2.75, 3.05) is 19.0 Å². The van der Waals surface area contributed by atoms with Crippen LogP contribution in [0.2, 0.25) is 0 Å². The third kappa shape index (κ3) is 5.37. The minimum atomic E-state index is -0.163. The number of aryl methyl sites for hydroxylation is 1. The van der Waals surface area contributed by atoms with E-state index in [1.165, 1.54) is 11.3 Å². The van der Waals surface area contributed by atoms with Gasteiger partial charge >= 0.3 is 0 Å². The van der Waals surface area contributed by atoms with Crippen LogP contribution in [0.1, 0.15) is 28.1 Å². The molecule has 6 nitrogen and oxygen atoms in total. The van der Waals surface area contributed by atoms with Gasteiger partial charge < -0.3 is 15.4 Å². The largest absolute Gasteiger partial charge is 0.497 e. The molecule has 1 aromatic carbocycles. The van der Waals surface area contributed by atoms with Crippen LogP contribution in [0.4, 0.5) is 5.13 Å². The second-order valence-electron chi connectivity index (χ2n) is 4.91. The van der Waals surface area contributed by atoms with Crippen molar-refractivity contribution in [1.82, 2.24) is 10.3 Å². The number of methoxy groups -OCH3 is 1. The maximum absolute atomic E-state index is 11.9. The third-order valence-electron chi connectivity index (χ3n) is 3.09. The topological polar surface area (TPSA) is 80.3 Å². The van der Waals surface area contributed by atoms with Crippen molar-refractivity contribution in [2.45, 2.75) is 19.8 Å². The maximum atomic E-state index is 11.9. The molecule has 0 radical (unpaired) electrons. The van der Waals surface area contributed by atoms with Crippen molar-refractivity contribution in [3.63, 3.8) is 0 Å². The molecule has 0 saturated heterocycles. The molecule has 2 aromatic rings. The Morgan fingerprint density at radius 2 is 2.00 bits per heavy atom. The molecule has 122 valence electrons. The van der Waals surface area contributed by atoms with Crippen LogP contribution < -0.4 is 15.4 Å². The van der Waals surface area contributed by atoms with Crippen LogP contribution in [-0.4, -0.2) is 30.5 Å². The molecule has 1 aromatic heterocycles. The Morgan fingerprint density at radius 1 is 1.26 bits per heavy atom. The van der Waals surface area contributed by atoms with Crippen molar-refractivity contribution in [3.8, 4) is 5.75 Å². The lowest BCUT2D eigenvalue weighted by molar-refractivity contribution is -0.116. The number of hydrogen-bond donors (Lipinski definition) is 2. The van der Waals surface area contributed by atoms with Crippen LogP contribution >= 0.6 is 11.3 Å². The Bertz CT molecular complexity index is 667. The molecule has 23 heavy (non-hydrogen) atoms. The van der Waals surface area contributed by atoms with Crippen molar-refractivity contribution < 1.29 is 14.3 Å². The van der Waals surface area contributed by atoms with Gasteiger partial charge in [-0.25, -0.2) is 4.98 Å². The molecule has 0 unspecified atom stereocenters. The van der Waals surface area contributed by atoms with Gasteiger partial charge in [0.25, 0.3) is 5.91 Å². The molecule has 0 fully saturated rings. The highest BCUT2D eigenvalue weighted by Crippen LogP contribution is 2.16. The average Bonchev–Trinajstić information content (AvgIpc) is 2.96. The fourth-order valence-corrected chi connectivity index (χ4v) is 2.57. The summed E-state index contributed by atoms with van der Waals surface area (Å²) in [5.74, 6) is 0.442. The highest BCUT2D eigenvalue weighted by Gasteiger charge is 2.07. The lowest BCUT2D eigenvalue weighted by Crippen LogP contribution is -2.25. The van der Waals surface area contributed by atoms with Gasteiger partial charge in [0.15, 0.2) is 5.13 Å². The van der Waals surface area contributed by atoms with Crippen LogP contribution in [-0.2, 0) is 4.79 Å². The van der Waals surface area contributed by atoms with E-state index in [2.05, 4.69) is 15.6 Å². The SMILES string of the molecule is COc1ccc(C(=O)NCCCC(=O)Nc2ncc(C)s2)cc1. The molecule has 2 rings (SSSR count). The summed E-state index contributed by atoms with van der Waals surface area (Å²) in [6, 6.07) is 6.87. The summed E-state index contributed by atoms with van der Waals surface area (Å²) in [6.45, 7) is 2.37. The number of amides is 2. The van der Waals surface area contributed by atoms with Crippen LogP contribution in [0.15, 0.2) is 30.5 Å². The van der Waals surface area contributed by atoms with Crippen molar-refractivity contribution in [2.24, 2.45) is 0 Å². The number of thiazole rings is 1. The molecule has 0 aliphatic rings. The first-order valence-electron chi connectivity index (χ1n) is 7.23. The highest BCUT2D eigenvalue weighted by atomic mass is 32.1. The smallest absolute Gasteiger partial charge is 0.251 e. The zero-order valence-electron chi connectivity index (χ0n) is 13.1. The molecular weight excluding hydrogens is 314 g/mol. The Balaban J connectivity index is 1.67. The fraction of sp³-hybridized carbons (Fsp3) is 0.312. The normalized spacial score (nSPS) is 10.2. The second kappa shape index (κ2) is 8.28. The Kier molecular flexibility index (Phi) is 6.10. The number of anilines is 1. The molecule has 2 N–H and O–H groups in total. The number of rotatable bonds is 7. The summed E-state index contributed by atoms with van der Waals surface area (Å²) >= 11 is 1.44. The van der Waals surface area contributed by atoms with E-state index in [1.54, 1.807) is 37.6 Å². The zero-order valence-corrected chi connectivity index (χ0v) is 13.9. The standard InChI is InChI=1S/C16H19N3O3S/c1-11-10-18-16(23-11)19-14(20)4-3-9-17-15(21)12-5-7-13(22-2)8-6-12/h5-8,10H,3-4,9H2,1-2H3,(H,17,21)(H,18,19,20). The van der Waals surface area contributed by atoms with Gasteiger partial charge in [0.2, 0.25) is 5.91 Å². The first-order valence-corrected chi connectivity index (χ1v) is 8.04. The Labute approximate surface area is 138 Å². The van der Waals surface area contributed by atoms with Crippen LogP contribution in [0.25, 0.3) is 0 Å². The number of hydrogen-bond acceptors (Lipinski definition) is 5. The number of carbonyl (C=O) groups is 2. The average molecular weight is 333 g/mol. The van der Waals surface area contributed by atoms with Crippen LogP contribution in [0, 0.1) is 6.92 Å². The number of nitrogens with one attached hydrogen (secondary N) is 2. The lowest BCUT2D eigenvalue weighted by Gasteiger charge is -2.06. The molecule has 7 heteroatoms. The first-order chi connectivity index (χ1) is 11.1. The van der Waals surface area contributed by atoms with E-state index in [9.17, 15) is 9.59 Å². The molecule has 0 saturated carbocycles. The van der Waals surface area contributed by atoms with E-state index in [0.717, 1.165) is 4.88 Å². The Hall–Kier alpha value is -2.41. The monoisotopic (exact) mass is 333 g/mol. The van der Waals surface area contributed by atoms with E-state index >= 15 is 0 Å². The third-order valence-corrected chi connectivity index (χ3v) is 3.91. The van der Waals surface area contributed by atoms with Gasteiger partial charge in [-0.3, -0.25) is 9.59 Å². The molecule has 0 bridgehead atoms. The van der Waals surface area contributed by atoms with Gasteiger partial charge in [-0.1, -0.05) is 0 Å². The first kappa shape index (κ1) is 17.0. The number of aromatic nitrogens is 1. The van der Waals surface area contributed by atoms with E-state index in [4.69, 9.17) is 4.74 Å². The molecule has 0 atom stereocenters. The number of carbonyl (C=O) groups excluding carboxylic acids is 2. The summed E-state index contributed by atoms with van der Waals surface area (Å²) in [5.41, 5.74) is 0.563. The summed E-state index contributed by atoms with van der Waals surface area (Å²) in [7, 11) is 1.58. The molecule has 1 heterocycles. The molecule has 0 spiro atoms. The van der Waals surface area contributed by atoms with E-state index in [-0.39, 0.29) is 11.8 Å². The maximum Gasteiger partial charge on any atom is 0.251 e. The second-order valence-corrected chi connectivity index (χ2v) is 6.15. The van der Waals surface area contributed by atoms with Gasteiger partial charge in [-0.15, -0.1) is 11.3 Å². The Morgan fingerprint density at radius 3 is 2.61 bits per heavy atom. The summed E-state index contributed by atoms with van der Waals surface area (Å²) < 4.78 is 5.04. The van der Waals surface area contributed by atoms with Gasteiger partial charge in [0.05, 0.1) is 7.11 Å². The van der Waals surface area contributed by atoms with Crippen LogP contribution in [0.3, 0.4) is 0 Å². The van der Waals surface area contributed by atoms with Crippen molar-refractivity contribution in [1.29, 1.82) is 0 Å². The highest BCUT2D eigenvalue weighted by molar-refractivity contribution is 7.15. The van der Waals surface area contributed by atoms with Gasteiger partial charge in [-0.2, -0.15) is 0 Å². The lowest BCUT2D eigenvalue weighted by atomic mass is 10.2. The molecule has 0 aliphatic heterocycles. The predicted octanol–water partition coefficient (Wildman–Crippen LogP) is 2.61. The van der Waals surface area contributed by atoms with Gasteiger partial charge in [0.1, 0.15) is 5.75 Å². The predicted molar refractivity (Wildman–Crippen MR) is 90.0 cm³/mol. The molecule has 2 amide bonds. The minimum absolute atomic E-state index is 0.0990. The number of nitrogens with zero attached hydrogens (tertiary/aromatic N) is 1. The van der Waals surface area contributed by atoms with E-state index < -0.39 is 0 Å². The van der Waals surface area contributed by atoms with Crippen LogP contribution in [0.5, 0.6) is 5.75 Å². The van der Waals surface area contributed by atoms with E-state index in [0.29, 0.717) is 35.8 Å². The van der Waals surface area contributed by atoms with Crippen molar-refractivity contribution in [3.05, 3.63) is 40.9 Å². The quantitative estimate of drug-likeness (QED) is 0.763. The number of ether oxygens (including phenoxy) is 1. The van der Waals surface area contributed by atoms with E-state index in [1.807, 2.05) is 6.92 Å². The molecular formula is C16H19N3O3S. The zero-order chi connectivity index (χ0) is 16.7. The number of benzene rings is 1. The van der Waals surface area contributed by atoms with Crippen molar-refractivity contribution >= 4 is 28.3 Å². The van der Waals surface area contributed by atoms with Gasteiger partial charge in [0, 0.05) is 29.6 Å². The molecule has 0 aliphatic carbocycles. The fourth-order valence-electron chi connectivity index (χ4n) is 1.89.